The van der Waals surface area contributed by atoms with Gasteiger partial charge in [-0.25, -0.2) is 9.98 Å². The lowest BCUT2D eigenvalue weighted by Crippen LogP contribution is -2.52. The smallest absolute Gasteiger partial charge is 0.227 e. The molecule has 2 aliphatic heterocycles. The third kappa shape index (κ3) is 5.60. The maximum atomic E-state index is 10.6. The molecule has 0 amide bonds. The molecule has 2 atom stereocenters. The van der Waals surface area contributed by atoms with Crippen molar-refractivity contribution in [3.63, 3.8) is 0 Å². The van der Waals surface area contributed by atoms with E-state index in [0.29, 0.717) is 29.5 Å². The summed E-state index contributed by atoms with van der Waals surface area (Å²) in [7, 11) is 0. The van der Waals surface area contributed by atoms with Crippen molar-refractivity contribution < 1.29 is 23.6 Å². The number of hydrogen-bond acceptors (Lipinski definition) is 11. The predicted octanol–water partition coefficient (Wildman–Crippen LogP) is 3.26. The summed E-state index contributed by atoms with van der Waals surface area (Å²) in [5, 5.41) is 16.4. The predicted molar refractivity (Wildman–Crippen MR) is 146 cm³/mol. The van der Waals surface area contributed by atoms with E-state index in [9.17, 15) is 5.11 Å². The van der Waals surface area contributed by atoms with Crippen LogP contribution in [0, 0.1) is 13.8 Å². The summed E-state index contributed by atoms with van der Waals surface area (Å²) in [5.41, 5.74) is 3.96. The number of piperazine rings is 1. The van der Waals surface area contributed by atoms with Gasteiger partial charge in [0.2, 0.25) is 12.3 Å². The number of rotatable bonds is 9. The lowest BCUT2D eigenvalue weighted by Gasteiger charge is -2.37. The van der Waals surface area contributed by atoms with Gasteiger partial charge in [-0.15, -0.1) is 0 Å². The summed E-state index contributed by atoms with van der Waals surface area (Å²) in [5.74, 6) is 1.94. The van der Waals surface area contributed by atoms with Crippen LogP contribution in [-0.4, -0.2) is 89.6 Å². The summed E-state index contributed by atoms with van der Waals surface area (Å²) in [6, 6.07) is 15.3. The molecule has 6 rings (SSSR count). The molecular weight excluding hydrogens is 500 g/mol. The average Bonchev–Trinajstić information content (AvgIpc) is 3.67. The average molecular weight is 533 g/mol. The van der Waals surface area contributed by atoms with Gasteiger partial charge in [0.1, 0.15) is 35.4 Å². The summed E-state index contributed by atoms with van der Waals surface area (Å²) in [4.78, 5) is 19.3. The number of oxazole rings is 1. The maximum Gasteiger partial charge on any atom is 0.227 e. The van der Waals surface area contributed by atoms with Gasteiger partial charge >= 0.3 is 0 Å². The number of aryl methyl sites for hydroxylation is 2. The normalized spacial score (nSPS) is 19.1. The van der Waals surface area contributed by atoms with Crippen molar-refractivity contribution in [1.29, 1.82) is 0 Å². The van der Waals surface area contributed by atoms with Gasteiger partial charge in [-0.3, -0.25) is 9.80 Å². The molecule has 1 N–H and O–H groups in total. The van der Waals surface area contributed by atoms with E-state index in [0.717, 1.165) is 55.2 Å². The molecule has 2 aromatic carbocycles. The molecule has 1 fully saturated rings. The van der Waals surface area contributed by atoms with E-state index in [-0.39, 0.29) is 12.8 Å². The van der Waals surface area contributed by atoms with Gasteiger partial charge in [-0.05, 0) is 38.1 Å². The van der Waals surface area contributed by atoms with Crippen molar-refractivity contribution in [2.45, 2.75) is 26.1 Å². The fourth-order valence-electron chi connectivity index (χ4n) is 5.02. The van der Waals surface area contributed by atoms with Crippen LogP contribution in [0.2, 0.25) is 0 Å². The Morgan fingerprint density at radius 2 is 1.85 bits per heavy atom. The zero-order valence-electron chi connectivity index (χ0n) is 22.1. The fraction of sp³-hybridized carbons (Fsp3) is 0.393. The Morgan fingerprint density at radius 1 is 1.05 bits per heavy atom. The minimum atomic E-state index is -0.604. The van der Waals surface area contributed by atoms with Crippen LogP contribution >= 0.6 is 0 Å². The Labute approximate surface area is 226 Å². The number of anilines is 1. The van der Waals surface area contributed by atoms with Crippen LogP contribution in [0.25, 0.3) is 22.6 Å². The zero-order chi connectivity index (χ0) is 26.8. The van der Waals surface area contributed by atoms with Gasteiger partial charge in [0.25, 0.3) is 0 Å². The summed E-state index contributed by atoms with van der Waals surface area (Å²) < 4.78 is 17.1. The second kappa shape index (κ2) is 11.0. The van der Waals surface area contributed by atoms with Crippen molar-refractivity contribution in [1.82, 2.24) is 19.9 Å². The highest BCUT2D eigenvalue weighted by atomic mass is 16.7. The molecule has 2 aliphatic rings. The van der Waals surface area contributed by atoms with E-state index in [1.54, 1.807) is 5.06 Å². The molecule has 39 heavy (non-hydrogen) atoms. The Hall–Kier alpha value is -3.93. The second-order valence-electron chi connectivity index (χ2n) is 9.92. The van der Waals surface area contributed by atoms with Gasteiger partial charge in [0.15, 0.2) is 17.5 Å². The van der Waals surface area contributed by atoms with Crippen LogP contribution in [-0.2, 0) is 4.84 Å². The van der Waals surface area contributed by atoms with Crippen molar-refractivity contribution in [3.05, 3.63) is 60.0 Å². The lowest BCUT2D eigenvalue weighted by atomic mass is 10.2. The molecule has 1 saturated heterocycles. The van der Waals surface area contributed by atoms with Crippen LogP contribution < -0.4 is 9.80 Å². The molecule has 1 unspecified atom stereocenters. The number of fused-ring (bicyclic) bond motifs is 1. The van der Waals surface area contributed by atoms with Crippen LogP contribution in [0.5, 0.6) is 5.75 Å². The van der Waals surface area contributed by atoms with E-state index in [1.165, 1.54) is 6.40 Å². The summed E-state index contributed by atoms with van der Waals surface area (Å²) >= 11 is 0. The van der Waals surface area contributed by atoms with Gasteiger partial charge in [-0.2, -0.15) is 5.06 Å². The van der Waals surface area contributed by atoms with Crippen molar-refractivity contribution in [2.24, 2.45) is 4.99 Å². The third-order valence-electron chi connectivity index (χ3n) is 7.06. The maximum absolute atomic E-state index is 10.6. The Balaban J connectivity index is 0.965. The van der Waals surface area contributed by atoms with Gasteiger partial charge < -0.3 is 23.6 Å². The largest absolute Gasteiger partial charge is 0.491 e. The van der Waals surface area contributed by atoms with E-state index in [4.69, 9.17) is 18.5 Å². The van der Waals surface area contributed by atoms with Gasteiger partial charge in [-0.1, -0.05) is 23.4 Å². The highest BCUT2D eigenvalue weighted by molar-refractivity contribution is 5.77. The highest BCUT2D eigenvalue weighted by Gasteiger charge is 2.32. The second-order valence-corrected chi connectivity index (χ2v) is 9.92. The number of β-amino-alcohol motifs (C(OH)–C–C–N with tert-alkyl or cyclic N) is 1. The Kier molecular flexibility index (Phi) is 7.18. The molecule has 2 aromatic heterocycles. The third-order valence-corrected chi connectivity index (χ3v) is 7.06. The first-order chi connectivity index (χ1) is 19.0. The fourth-order valence-corrected chi connectivity index (χ4v) is 5.02. The minimum absolute atomic E-state index is 0.154. The molecule has 204 valence electrons. The van der Waals surface area contributed by atoms with Crippen molar-refractivity contribution in [2.75, 3.05) is 50.9 Å². The van der Waals surface area contributed by atoms with Crippen LogP contribution in [0.3, 0.4) is 0 Å². The highest BCUT2D eigenvalue weighted by Crippen LogP contribution is 2.29. The number of nitrogens with zero attached hydrogens (tertiary/aromatic N) is 6. The summed E-state index contributed by atoms with van der Waals surface area (Å²) in [6.45, 7) is 8.71. The molecule has 4 heterocycles. The monoisotopic (exact) mass is 532 g/mol. The van der Waals surface area contributed by atoms with Gasteiger partial charge in [0.05, 0.1) is 0 Å². The van der Waals surface area contributed by atoms with Crippen LogP contribution in [0.4, 0.5) is 5.69 Å². The zero-order valence-corrected chi connectivity index (χ0v) is 22.1. The number of benzene rings is 2. The number of aliphatic hydroxyl groups is 1. The van der Waals surface area contributed by atoms with Gasteiger partial charge in [0, 0.05) is 50.9 Å². The molecule has 11 nitrogen and oxygen atoms in total. The SMILES string of the molecule is Cc1noc(C)c1N1OC=NC1CN1CCN(C[C@@H](O)COc2ccc3oc(-c4ccccc4)nc3c2)CC1. The molecule has 0 bridgehead atoms. The number of ether oxygens (including phenoxy) is 1. The molecule has 4 aromatic rings. The van der Waals surface area contributed by atoms with E-state index in [2.05, 4.69) is 24.9 Å². The van der Waals surface area contributed by atoms with E-state index >= 15 is 0 Å². The van der Waals surface area contributed by atoms with Crippen molar-refractivity contribution >= 4 is 23.2 Å². The molecule has 0 spiro atoms. The molecular formula is C28H32N6O5. The number of hydrogen-bond donors (Lipinski definition) is 1. The molecule has 11 heteroatoms. The Bertz CT molecular complexity index is 1410. The molecule has 0 radical (unpaired) electrons. The van der Waals surface area contributed by atoms with E-state index < -0.39 is 6.10 Å². The van der Waals surface area contributed by atoms with Crippen molar-refractivity contribution in [3.8, 4) is 17.2 Å². The number of hydroxylamine groups is 1. The Morgan fingerprint density at radius 3 is 2.62 bits per heavy atom. The topological polar surface area (TPSA) is 113 Å². The first-order valence-electron chi connectivity index (χ1n) is 13.2. The molecule has 0 aliphatic carbocycles. The molecule has 0 saturated carbocycles. The quantitative estimate of drug-likeness (QED) is 0.345. The first-order valence-corrected chi connectivity index (χ1v) is 13.2. The lowest BCUT2D eigenvalue weighted by molar-refractivity contribution is 0.0441. The number of aliphatic imine (C=N–C) groups is 1. The standard InChI is InChI=1S/C28H32N6O5/c1-19-27(20(2)39-31-19)34-26(29-18-37-34)16-33-12-10-32(11-13-33)15-22(35)17-36-23-8-9-25-24(14-23)30-28(38-25)21-6-4-3-5-7-21/h3-9,14,18,22,26,35H,10-13,15-17H2,1-2H3/t22-,26?/m1/s1. The number of aromatic nitrogens is 2. The number of aliphatic hydroxyl groups excluding tert-OH is 1. The summed E-state index contributed by atoms with van der Waals surface area (Å²) in [6.07, 6.45) is 0.719. The van der Waals surface area contributed by atoms with Crippen LogP contribution in [0.1, 0.15) is 11.5 Å². The van der Waals surface area contributed by atoms with Crippen LogP contribution in [0.15, 0.2) is 62.5 Å². The van der Waals surface area contributed by atoms with E-state index in [1.807, 2.05) is 62.4 Å². The first kappa shape index (κ1) is 25.4. The minimum Gasteiger partial charge on any atom is -0.491 e.